The van der Waals surface area contributed by atoms with Gasteiger partial charge in [0.25, 0.3) is 0 Å². The van der Waals surface area contributed by atoms with Gasteiger partial charge in [0.1, 0.15) is 12.6 Å². The van der Waals surface area contributed by atoms with Crippen LogP contribution in [0.2, 0.25) is 0 Å². The van der Waals surface area contributed by atoms with Gasteiger partial charge in [0.2, 0.25) is 5.91 Å². The maximum Gasteiger partial charge on any atom is 0.322 e. The largest absolute Gasteiger partial charge is 0.480 e. The minimum atomic E-state index is -1.04. The van der Waals surface area contributed by atoms with Crippen LogP contribution in [0, 0.1) is 0 Å². The molecule has 0 heterocycles. The molecule has 1 unspecified atom stereocenters. The normalized spacial score (nSPS) is 13.4. The van der Waals surface area contributed by atoms with Crippen molar-refractivity contribution in [3.63, 3.8) is 0 Å². The SMILES string of the molecule is CC/C=C\C/C=C\C/C=C\C/C=C\C/C=C\C/C=C\CCC(=O)OC(/C=C\C/C=C\CC)/C=C\CCCCCC(=O)NCC(=O)O. The third kappa shape index (κ3) is 33.0. The predicted octanol–water partition coefficient (Wildman–Crippen LogP) is 10.00. The molecule has 0 aliphatic heterocycles. The summed E-state index contributed by atoms with van der Waals surface area (Å²) in [7, 11) is 0. The zero-order valence-corrected chi connectivity index (χ0v) is 28.4. The van der Waals surface area contributed by atoms with Crippen LogP contribution in [0.15, 0.2) is 109 Å². The van der Waals surface area contributed by atoms with Gasteiger partial charge >= 0.3 is 11.9 Å². The van der Waals surface area contributed by atoms with Gasteiger partial charge in [-0.15, -0.1) is 0 Å². The standard InChI is InChI=1S/C40H59NO5/c1-3-5-7-9-10-11-12-13-14-15-16-17-18-19-20-21-22-27-31-35-40(45)46-37(32-28-24-8-6-4-2)33-29-25-23-26-30-34-38(42)41-36-39(43)44/h5-8,10-11,13-14,16-17,19-20,22,27-29,32-33,37H,3-4,9,12,15,18,21,23-26,30-31,34-36H2,1-2H3,(H,41,42)(H,43,44)/b7-5-,8-6-,11-10-,14-13-,17-16-,20-19-,27-22-,32-28-,33-29-. The third-order valence-corrected chi connectivity index (χ3v) is 6.42. The number of rotatable bonds is 28. The second kappa shape index (κ2) is 34.0. The maximum atomic E-state index is 12.5. The molecule has 0 spiro atoms. The lowest BCUT2D eigenvalue weighted by atomic mass is 10.1. The Hall–Kier alpha value is -3.93. The Labute approximate surface area is 279 Å². The molecular weight excluding hydrogens is 574 g/mol. The van der Waals surface area contributed by atoms with Crippen molar-refractivity contribution in [1.29, 1.82) is 0 Å². The fourth-order valence-electron chi connectivity index (χ4n) is 3.97. The molecule has 254 valence electrons. The molecule has 1 amide bonds. The summed E-state index contributed by atoms with van der Waals surface area (Å²) in [4.78, 5) is 34.5. The minimum Gasteiger partial charge on any atom is -0.480 e. The molecule has 0 saturated carbocycles. The summed E-state index contributed by atoms with van der Waals surface area (Å²) in [6, 6.07) is 0. The molecule has 0 bridgehead atoms. The van der Waals surface area contributed by atoms with Crippen molar-refractivity contribution in [1.82, 2.24) is 5.32 Å². The number of amides is 1. The van der Waals surface area contributed by atoms with E-state index in [9.17, 15) is 14.4 Å². The van der Waals surface area contributed by atoms with Gasteiger partial charge in [0.05, 0.1) is 0 Å². The molecule has 0 aliphatic rings. The molecule has 0 saturated heterocycles. The van der Waals surface area contributed by atoms with Crippen LogP contribution in [0.3, 0.4) is 0 Å². The molecule has 2 N–H and O–H groups in total. The summed E-state index contributed by atoms with van der Waals surface area (Å²) in [5.74, 6) is -1.51. The molecule has 0 radical (unpaired) electrons. The number of hydrogen-bond acceptors (Lipinski definition) is 4. The summed E-state index contributed by atoms with van der Waals surface area (Å²) in [5, 5.41) is 11.0. The number of nitrogens with one attached hydrogen (secondary N) is 1. The number of carboxylic acid groups (broad SMARTS) is 1. The first-order valence-electron chi connectivity index (χ1n) is 17.1. The number of carbonyl (C=O) groups excluding carboxylic acids is 2. The Kier molecular flexibility index (Phi) is 31.1. The van der Waals surface area contributed by atoms with Gasteiger partial charge in [0.15, 0.2) is 0 Å². The number of ether oxygens (including phenoxy) is 1. The number of carboxylic acids is 1. The second-order valence-electron chi connectivity index (χ2n) is 10.6. The Morgan fingerprint density at radius 3 is 1.57 bits per heavy atom. The van der Waals surface area contributed by atoms with Gasteiger partial charge in [-0.1, -0.05) is 117 Å². The van der Waals surface area contributed by atoms with Gasteiger partial charge in [-0.25, -0.2) is 0 Å². The van der Waals surface area contributed by atoms with Crippen LogP contribution < -0.4 is 5.32 Å². The van der Waals surface area contributed by atoms with Crippen LogP contribution in [0.5, 0.6) is 0 Å². The summed E-state index contributed by atoms with van der Waals surface area (Å²) in [6.07, 6.45) is 49.7. The highest BCUT2D eigenvalue weighted by Crippen LogP contribution is 2.08. The highest BCUT2D eigenvalue weighted by molar-refractivity contribution is 5.80. The predicted molar refractivity (Wildman–Crippen MR) is 193 cm³/mol. The molecule has 0 aromatic carbocycles. The fraction of sp³-hybridized carbons (Fsp3) is 0.475. The van der Waals surface area contributed by atoms with Gasteiger partial charge in [0, 0.05) is 12.8 Å². The van der Waals surface area contributed by atoms with Crippen LogP contribution in [0.4, 0.5) is 0 Å². The highest BCUT2D eigenvalue weighted by atomic mass is 16.5. The van der Waals surface area contributed by atoms with E-state index in [1.807, 2.05) is 30.4 Å². The van der Waals surface area contributed by atoms with E-state index < -0.39 is 12.1 Å². The Morgan fingerprint density at radius 2 is 1.04 bits per heavy atom. The maximum absolute atomic E-state index is 12.5. The average molecular weight is 634 g/mol. The van der Waals surface area contributed by atoms with E-state index in [1.165, 1.54) is 0 Å². The van der Waals surface area contributed by atoms with Crippen LogP contribution >= 0.6 is 0 Å². The van der Waals surface area contributed by atoms with Crippen LogP contribution in [0.1, 0.15) is 110 Å². The van der Waals surface area contributed by atoms with Crippen molar-refractivity contribution < 1.29 is 24.2 Å². The lowest BCUT2D eigenvalue weighted by Crippen LogP contribution is -2.28. The molecule has 1 atom stereocenters. The Bertz CT molecular complexity index is 1060. The number of esters is 1. The summed E-state index contributed by atoms with van der Waals surface area (Å²) >= 11 is 0. The first-order chi connectivity index (χ1) is 22.5. The summed E-state index contributed by atoms with van der Waals surface area (Å²) < 4.78 is 5.70. The zero-order valence-electron chi connectivity index (χ0n) is 28.4. The van der Waals surface area contributed by atoms with Crippen LogP contribution in [-0.2, 0) is 19.1 Å². The van der Waals surface area contributed by atoms with Gasteiger partial charge in [-0.2, -0.15) is 0 Å². The van der Waals surface area contributed by atoms with Crippen molar-refractivity contribution >= 4 is 17.8 Å². The molecule has 46 heavy (non-hydrogen) atoms. The van der Waals surface area contributed by atoms with E-state index in [-0.39, 0.29) is 18.4 Å². The molecule has 6 nitrogen and oxygen atoms in total. The highest BCUT2D eigenvalue weighted by Gasteiger charge is 2.08. The van der Waals surface area contributed by atoms with E-state index in [0.717, 1.165) is 70.6 Å². The smallest absolute Gasteiger partial charge is 0.322 e. The fourth-order valence-corrected chi connectivity index (χ4v) is 3.97. The van der Waals surface area contributed by atoms with Gasteiger partial charge < -0.3 is 15.2 Å². The zero-order chi connectivity index (χ0) is 33.8. The van der Waals surface area contributed by atoms with E-state index in [4.69, 9.17) is 9.84 Å². The lowest BCUT2D eigenvalue weighted by Gasteiger charge is -2.10. The monoisotopic (exact) mass is 633 g/mol. The average Bonchev–Trinajstić information content (AvgIpc) is 3.04. The van der Waals surface area contributed by atoms with Crippen molar-refractivity contribution in [3.05, 3.63) is 109 Å². The number of hydrogen-bond donors (Lipinski definition) is 2. The quantitative estimate of drug-likeness (QED) is 0.0508. The topological polar surface area (TPSA) is 92.7 Å². The molecule has 0 fully saturated rings. The first kappa shape index (κ1) is 42.1. The lowest BCUT2D eigenvalue weighted by molar-refractivity contribution is -0.145. The number of unbranched alkanes of at least 4 members (excludes halogenated alkanes) is 3. The molecular formula is C40H59NO5. The Morgan fingerprint density at radius 1 is 0.565 bits per heavy atom. The van der Waals surface area contributed by atoms with Gasteiger partial charge in [-0.05, 0) is 89.2 Å². The first-order valence-corrected chi connectivity index (χ1v) is 17.1. The molecule has 0 aromatic heterocycles. The molecule has 6 heteroatoms. The van der Waals surface area contributed by atoms with E-state index in [1.54, 1.807) is 0 Å². The number of aliphatic carboxylic acids is 1. The second-order valence-corrected chi connectivity index (χ2v) is 10.6. The number of allylic oxidation sites excluding steroid dienone is 16. The van der Waals surface area contributed by atoms with E-state index in [2.05, 4.69) is 98.2 Å². The van der Waals surface area contributed by atoms with Crippen molar-refractivity contribution in [3.8, 4) is 0 Å². The Balaban J connectivity index is 4.28. The van der Waals surface area contributed by atoms with Crippen molar-refractivity contribution in [2.45, 2.75) is 116 Å². The summed E-state index contributed by atoms with van der Waals surface area (Å²) in [6.45, 7) is 3.90. The van der Waals surface area contributed by atoms with E-state index in [0.29, 0.717) is 25.7 Å². The van der Waals surface area contributed by atoms with Crippen molar-refractivity contribution in [2.75, 3.05) is 6.54 Å². The molecule has 0 rings (SSSR count). The minimum absolute atomic E-state index is 0.227. The summed E-state index contributed by atoms with van der Waals surface area (Å²) in [5.41, 5.74) is 0. The molecule has 0 aliphatic carbocycles. The number of carbonyl (C=O) groups is 3. The van der Waals surface area contributed by atoms with Crippen LogP contribution in [-0.4, -0.2) is 35.6 Å². The van der Waals surface area contributed by atoms with Gasteiger partial charge in [-0.3, -0.25) is 14.4 Å². The van der Waals surface area contributed by atoms with Crippen LogP contribution in [0.25, 0.3) is 0 Å². The van der Waals surface area contributed by atoms with E-state index >= 15 is 0 Å². The third-order valence-electron chi connectivity index (χ3n) is 6.42. The van der Waals surface area contributed by atoms with Crippen molar-refractivity contribution in [2.24, 2.45) is 0 Å². The molecule has 0 aromatic rings.